The molecule has 0 saturated heterocycles. The van der Waals surface area contributed by atoms with Gasteiger partial charge in [-0.1, -0.05) is 24.3 Å². The molecule has 1 atom stereocenters. The summed E-state index contributed by atoms with van der Waals surface area (Å²) in [4.78, 5) is 39.3. The Kier molecular flexibility index (Phi) is 7.06. The first kappa shape index (κ1) is 23.8. The molecule has 1 aliphatic rings. The van der Waals surface area contributed by atoms with Crippen molar-refractivity contribution in [3.63, 3.8) is 0 Å². The number of anilines is 2. The van der Waals surface area contributed by atoms with E-state index in [-0.39, 0.29) is 18.2 Å². The lowest BCUT2D eigenvalue weighted by Gasteiger charge is -2.33. The molecular weight excluding hydrogens is 420 g/mol. The van der Waals surface area contributed by atoms with Gasteiger partial charge >= 0.3 is 18.0 Å². The number of hydrogen-bond donors (Lipinski definition) is 3. The van der Waals surface area contributed by atoms with Gasteiger partial charge in [0.25, 0.3) is 0 Å². The molecule has 0 saturated carbocycles. The van der Waals surface area contributed by atoms with E-state index < -0.39 is 12.0 Å². The molecule has 0 spiro atoms. The first-order valence-corrected chi connectivity index (χ1v) is 10.8. The maximum atomic E-state index is 12.8. The second-order valence-corrected chi connectivity index (χ2v) is 8.35. The van der Waals surface area contributed by atoms with Crippen LogP contribution in [0.3, 0.4) is 0 Å². The monoisotopic (exact) mass is 450 g/mol. The highest BCUT2D eigenvalue weighted by atomic mass is 16.5. The van der Waals surface area contributed by atoms with Crippen LogP contribution in [0.5, 0.6) is 0 Å². The molecular formula is C25H30N4O4. The van der Waals surface area contributed by atoms with Crippen LogP contribution in [0.2, 0.25) is 0 Å². The summed E-state index contributed by atoms with van der Waals surface area (Å²) in [6.45, 7) is 9.18. The van der Waals surface area contributed by atoms with Crippen molar-refractivity contribution in [1.82, 2.24) is 10.2 Å². The summed E-state index contributed by atoms with van der Waals surface area (Å²) in [5.41, 5.74) is 4.83. The summed E-state index contributed by atoms with van der Waals surface area (Å²) in [5.74, 6) is -0.495. The van der Waals surface area contributed by atoms with Crippen LogP contribution in [0, 0.1) is 13.8 Å². The number of amides is 4. The van der Waals surface area contributed by atoms with Crippen molar-refractivity contribution in [3.8, 4) is 0 Å². The van der Waals surface area contributed by atoms with Gasteiger partial charge in [0, 0.05) is 24.1 Å². The Bertz CT molecular complexity index is 1120. The van der Waals surface area contributed by atoms with Gasteiger partial charge in [-0.15, -0.1) is 0 Å². The molecule has 0 aromatic heterocycles. The number of benzene rings is 2. The Balaban J connectivity index is 1.86. The van der Waals surface area contributed by atoms with Crippen molar-refractivity contribution in [2.75, 3.05) is 17.7 Å². The predicted molar refractivity (Wildman–Crippen MR) is 128 cm³/mol. The maximum Gasteiger partial charge on any atom is 0.338 e. The molecule has 0 fully saturated rings. The van der Waals surface area contributed by atoms with Gasteiger partial charge in [-0.05, 0) is 69.5 Å². The normalized spacial score (nSPS) is 15.9. The Morgan fingerprint density at radius 1 is 1.06 bits per heavy atom. The first-order chi connectivity index (χ1) is 15.6. The highest BCUT2D eigenvalue weighted by Crippen LogP contribution is 2.32. The van der Waals surface area contributed by atoms with Gasteiger partial charge in [0.2, 0.25) is 0 Å². The van der Waals surface area contributed by atoms with Crippen molar-refractivity contribution < 1.29 is 19.1 Å². The molecule has 33 heavy (non-hydrogen) atoms. The van der Waals surface area contributed by atoms with Crippen molar-refractivity contribution >= 4 is 29.4 Å². The molecule has 1 aliphatic heterocycles. The molecule has 3 N–H and O–H groups in total. The van der Waals surface area contributed by atoms with Crippen molar-refractivity contribution in [1.29, 1.82) is 0 Å². The summed E-state index contributed by atoms with van der Waals surface area (Å²) in [7, 11) is 1.60. The van der Waals surface area contributed by atoms with Gasteiger partial charge in [0.05, 0.1) is 17.7 Å². The Hall–Kier alpha value is -3.81. The molecule has 4 amide bonds. The van der Waals surface area contributed by atoms with Gasteiger partial charge < -0.3 is 25.6 Å². The van der Waals surface area contributed by atoms with Crippen molar-refractivity contribution in [2.45, 2.75) is 46.8 Å². The maximum absolute atomic E-state index is 12.8. The number of carbonyl (C=O) groups excluding carboxylic acids is 3. The molecule has 3 rings (SSSR count). The van der Waals surface area contributed by atoms with Crippen LogP contribution in [0.4, 0.5) is 21.0 Å². The van der Waals surface area contributed by atoms with E-state index in [1.807, 2.05) is 32.0 Å². The highest BCUT2D eigenvalue weighted by Gasteiger charge is 2.35. The van der Waals surface area contributed by atoms with Crippen molar-refractivity contribution in [3.05, 3.63) is 70.4 Å². The Morgan fingerprint density at radius 3 is 2.45 bits per heavy atom. The molecule has 1 heterocycles. The van der Waals surface area contributed by atoms with E-state index >= 15 is 0 Å². The molecule has 0 radical (unpaired) electrons. The van der Waals surface area contributed by atoms with Crippen LogP contribution >= 0.6 is 0 Å². The number of nitrogens with zero attached hydrogens (tertiary/aromatic N) is 1. The fraction of sp³-hybridized carbons (Fsp3) is 0.320. The number of urea groups is 2. The minimum Gasteiger partial charge on any atom is -0.459 e. The molecule has 174 valence electrons. The average molecular weight is 451 g/mol. The van der Waals surface area contributed by atoms with Crippen LogP contribution in [-0.2, 0) is 9.53 Å². The van der Waals surface area contributed by atoms with E-state index in [0.717, 1.165) is 16.8 Å². The third-order valence-corrected chi connectivity index (χ3v) is 5.65. The molecule has 2 aromatic carbocycles. The average Bonchev–Trinajstić information content (AvgIpc) is 2.74. The predicted octanol–water partition coefficient (Wildman–Crippen LogP) is 4.87. The summed E-state index contributed by atoms with van der Waals surface area (Å²) in [5, 5.41) is 8.53. The molecule has 8 heteroatoms. The minimum absolute atomic E-state index is 0.303. The Labute approximate surface area is 194 Å². The van der Waals surface area contributed by atoms with E-state index in [1.165, 1.54) is 4.90 Å². The third kappa shape index (κ3) is 5.34. The lowest BCUT2D eigenvalue weighted by molar-refractivity contribution is -0.143. The standard InChI is InChI=1S/C25H30N4O4/c1-14(2)33-23(30)21-17(5)29(6)25(32)28-22(21)18-10-8-11-19(13-18)26-24(31)27-20-12-7-9-15(3)16(20)4/h7-14,22H,1-6H3,(H,28,32)(H2,26,27,31). The van der Waals surface area contributed by atoms with Gasteiger partial charge in [-0.2, -0.15) is 0 Å². The summed E-state index contributed by atoms with van der Waals surface area (Å²) in [6.07, 6.45) is -0.303. The van der Waals surface area contributed by atoms with Crippen LogP contribution < -0.4 is 16.0 Å². The van der Waals surface area contributed by atoms with Crippen LogP contribution in [0.1, 0.15) is 43.5 Å². The van der Waals surface area contributed by atoms with E-state index in [1.54, 1.807) is 52.1 Å². The van der Waals surface area contributed by atoms with E-state index in [0.29, 0.717) is 22.5 Å². The second kappa shape index (κ2) is 9.77. The fourth-order valence-electron chi connectivity index (χ4n) is 3.59. The van der Waals surface area contributed by atoms with Crippen LogP contribution in [0.15, 0.2) is 53.7 Å². The Morgan fingerprint density at radius 2 is 1.76 bits per heavy atom. The lowest BCUT2D eigenvalue weighted by Crippen LogP contribution is -2.46. The van der Waals surface area contributed by atoms with E-state index in [2.05, 4.69) is 16.0 Å². The largest absolute Gasteiger partial charge is 0.459 e. The second-order valence-electron chi connectivity index (χ2n) is 8.35. The molecule has 1 unspecified atom stereocenters. The zero-order chi connectivity index (χ0) is 24.3. The molecule has 0 aliphatic carbocycles. The van der Waals surface area contributed by atoms with Crippen molar-refractivity contribution in [2.24, 2.45) is 0 Å². The van der Waals surface area contributed by atoms with Gasteiger partial charge in [-0.25, -0.2) is 14.4 Å². The smallest absolute Gasteiger partial charge is 0.338 e. The molecule has 0 bridgehead atoms. The van der Waals surface area contributed by atoms with E-state index in [4.69, 9.17) is 4.74 Å². The zero-order valence-electron chi connectivity index (χ0n) is 19.8. The third-order valence-electron chi connectivity index (χ3n) is 5.65. The number of allylic oxidation sites excluding steroid dienone is 1. The minimum atomic E-state index is -0.705. The zero-order valence-corrected chi connectivity index (χ0v) is 19.8. The summed E-state index contributed by atoms with van der Waals surface area (Å²) in [6, 6.07) is 11.3. The molecule has 8 nitrogen and oxygen atoms in total. The number of aryl methyl sites for hydroxylation is 1. The van der Waals surface area contributed by atoms with Crippen LogP contribution in [0.25, 0.3) is 0 Å². The number of nitrogens with one attached hydrogen (secondary N) is 3. The van der Waals surface area contributed by atoms with Gasteiger partial charge in [-0.3, -0.25) is 0 Å². The summed E-state index contributed by atoms with van der Waals surface area (Å²) >= 11 is 0. The van der Waals surface area contributed by atoms with Gasteiger partial charge in [0.15, 0.2) is 0 Å². The summed E-state index contributed by atoms with van der Waals surface area (Å²) < 4.78 is 5.42. The SMILES string of the molecule is CC1=C(C(=O)OC(C)C)C(c2cccc(NC(=O)Nc3cccc(C)c3C)c2)NC(=O)N1C. The number of rotatable bonds is 5. The van der Waals surface area contributed by atoms with E-state index in [9.17, 15) is 14.4 Å². The quantitative estimate of drug-likeness (QED) is 0.566. The highest BCUT2D eigenvalue weighted by molar-refractivity contribution is 6.00. The van der Waals surface area contributed by atoms with Crippen LogP contribution in [-0.4, -0.2) is 36.1 Å². The fourth-order valence-corrected chi connectivity index (χ4v) is 3.59. The number of carbonyl (C=O) groups is 3. The topological polar surface area (TPSA) is 99.8 Å². The molecule has 2 aromatic rings. The number of esters is 1. The number of hydrogen-bond acceptors (Lipinski definition) is 4. The van der Waals surface area contributed by atoms with Gasteiger partial charge in [0.1, 0.15) is 0 Å². The lowest BCUT2D eigenvalue weighted by atomic mass is 9.94. The number of ether oxygens (including phenoxy) is 1. The first-order valence-electron chi connectivity index (χ1n) is 10.8.